The Balaban J connectivity index is 2.68. The molecule has 18 heavy (non-hydrogen) atoms. The maximum atomic E-state index is 11.9. The predicted molar refractivity (Wildman–Crippen MR) is 61.8 cm³/mol. The van der Waals surface area contributed by atoms with Crippen LogP contribution >= 0.6 is 0 Å². The highest BCUT2D eigenvalue weighted by molar-refractivity contribution is 5.92. The number of carbonyl (C=O) groups is 3. The lowest BCUT2D eigenvalue weighted by Gasteiger charge is -2.26. The second-order valence-electron chi connectivity index (χ2n) is 4.73. The molecule has 1 aliphatic heterocycles. The Morgan fingerprint density at radius 3 is 2.61 bits per heavy atom. The van der Waals surface area contributed by atoms with E-state index < -0.39 is 23.3 Å². The van der Waals surface area contributed by atoms with Crippen LogP contribution in [0.3, 0.4) is 0 Å². The van der Waals surface area contributed by atoms with Gasteiger partial charge in [-0.05, 0) is 6.92 Å². The number of carboxylic acids is 1. The number of nitrogens with zero attached hydrogens (tertiary/aromatic N) is 1. The molecule has 0 aromatic rings. The van der Waals surface area contributed by atoms with Gasteiger partial charge in [0, 0.05) is 27.1 Å². The van der Waals surface area contributed by atoms with Crippen LogP contribution in [0.1, 0.15) is 13.3 Å². The van der Waals surface area contributed by atoms with Crippen molar-refractivity contribution in [1.29, 1.82) is 0 Å². The first-order valence-corrected chi connectivity index (χ1v) is 5.58. The third-order valence-electron chi connectivity index (χ3n) is 3.02. The minimum Gasteiger partial charge on any atom is -0.479 e. The number of hydrogen-bond donors (Lipinski definition) is 2. The molecule has 2 atom stereocenters. The molecule has 0 bridgehead atoms. The Labute approximate surface area is 105 Å². The lowest BCUT2D eigenvalue weighted by Crippen LogP contribution is -2.56. The minimum absolute atomic E-state index is 0.112. The van der Waals surface area contributed by atoms with Crippen molar-refractivity contribution in [3.63, 3.8) is 0 Å². The van der Waals surface area contributed by atoms with Gasteiger partial charge in [0.05, 0.1) is 12.5 Å². The van der Waals surface area contributed by atoms with Gasteiger partial charge in [0.1, 0.15) is 0 Å². The van der Waals surface area contributed by atoms with Crippen LogP contribution in [0.25, 0.3) is 0 Å². The Morgan fingerprint density at radius 1 is 1.61 bits per heavy atom. The van der Waals surface area contributed by atoms with Gasteiger partial charge >= 0.3 is 5.97 Å². The summed E-state index contributed by atoms with van der Waals surface area (Å²) in [5.74, 6) is -2.22. The summed E-state index contributed by atoms with van der Waals surface area (Å²) in [6.07, 6.45) is 0.116. The molecule has 7 nitrogen and oxygen atoms in total. The van der Waals surface area contributed by atoms with Gasteiger partial charge in [-0.15, -0.1) is 0 Å². The summed E-state index contributed by atoms with van der Waals surface area (Å²) < 4.78 is 4.80. The zero-order valence-corrected chi connectivity index (χ0v) is 10.7. The normalized spacial score (nSPS) is 22.7. The number of carbonyl (C=O) groups excluding carboxylic acids is 2. The highest BCUT2D eigenvalue weighted by atomic mass is 16.5. The van der Waals surface area contributed by atoms with Crippen molar-refractivity contribution >= 4 is 17.8 Å². The third kappa shape index (κ3) is 2.98. The number of amides is 2. The predicted octanol–water partition coefficient (Wildman–Crippen LogP) is -0.929. The Hall–Kier alpha value is -1.63. The zero-order chi connectivity index (χ0) is 13.9. The molecule has 7 heteroatoms. The summed E-state index contributed by atoms with van der Waals surface area (Å²) >= 11 is 0. The summed E-state index contributed by atoms with van der Waals surface area (Å²) in [4.78, 5) is 35.8. The minimum atomic E-state index is -1.48. The van der Waals surface area contributed by atoms with E-state index in [1.54, 1.807) is 7.05 Å². The van der Waals surface area contributed by atoms with Gasteiger partial charge in [-0.3, -0.25) is 9.59 Å². The van der Waals surface area contributed by atoms with E-state index in [1.165, 1.54) is 18.9 Å². The fraction of sp³-hybridized carbons (Fsp3) is 0.727. The molecule has 2 amide bonds. The Kier molecular flexibility index (Phi) is 4.28. The van der Waals surface area contributed by atoms with E-state index in [4.69, 9.17) is 9.84 Å². The van der Waals surface area contributed by atoms with Crippen molar-refractivity contribution in [2.45, 2.75) is 18.9 Å². The molecule has 1 aliphatic rings. The maximum Gasteiger partial charge on any atom is 0.331 e. The average molecular weight is 258 g/mol. The van der Waals surface area contributed by atoms with Gasteiger partial charge < -0.3 is 20.1 Å². The van der Waals surface area contributed by atoms with E-state index in [0.717, 1.165) is 0 Å². The number of methoxy groups -OCH3 is 1. The number of aliphatic carboxylic acids is 1. The van der Waals surface area contributed by atoms with Crippen LogP contribution in [0.4, 0.5) is 0 Å². The smallest absolute Gasteiger partial charge is 0.331 e. The molecule has 1 saturated heterocycles. The van der Waals surface area contributed by atoms with Gasteiger partial charge in [-0.25, -0.2) is 4.79 Å². The molecule has 0 saturated carbocycles. The Morgan fingerprint density at radius 2 is 2.22 bits per heavy atom. The van der Waals surface area contributed by atoms with Gasteiger partial charge in [-0.1, -0.05) is 0 Å². The van der Waals surface area contributed by atoms with Crippen molar-refractivity contribution in [1.82, 2.24) is 10.2 Å². The molecule has 0 aromatic heterocycles. The summed E-state index contributed by atoms with van der Waals surface area (Å²) in [7, 11) is 2.97. The van der Waals surface area contributed by atoms with Crippen LogP contribution in [-0.2, 0) is 19.1 Å². The molecule has 2 unspecified atom stereocenters. The largest absolute Gasteiger partial charge is 0.479 e. The monoisotopic (exact) mass is 258 g/mol. The molecule has 2 N–H and O–H groups in total. The van der Waals surface area contributed by atoms with Gasteiger partial charge in [0.15, 0.2) is 5.54 Å². The van der Waals surface area contributed by atoms with Crippen molar-refractivity contribution in [3.05, 3.63) is 0 Å². The van der Waals surface area contributed by atoms with E-state index in [0.29, 0.717) is 6.54 Å². The van der Waals surface area contributed by atoms with Crippen molar-refractivity contribution in [3.8, 4) is 0 Å². The zero-order valence-electron chi connectivity index (χ0n) is 10.7. The van der Waals surface area contributed by atoms with Crippen LogP contribution in [-0.4, -0.2) is 60.6 Å². The number of nitrogens with one attached hydrogen (secondary N) is 1. The molecule has 1 rings (SSSR count). The standard InChI is InChI=1S/C11H18N2O5/c1-11(6-18-3,10(16)17)12-9(15)7-4-8(14)13(2)5-7/h7H,4-6H2,1-3H3,(H,12,15)(H,16,17). The second-order valence-corrected chi connectivity index (χ2v) is 4.73. The first-order valence-electron chi connectivity index (χ1n) is 5.58. The number of carboxylic acid groups (broad SMARTS) is 1. The molecule has 0 aliphatic carbocycles. The van der Waals surface area contributed by atoms with Crippen molar-refractivity contribution in [2.75, 3.05) is 27.3 Å². The molecular weight excluding hydrogens is 240 g/mol. The first kappa shape index (κ1) is 14.4. The summed E-state index contributed by atoms with van der Waals surface area (Å²) in [5, 5.41) is 11.5. The highest BCUT2D eigenvalue weighted by Crippen LogP contribution is 2.17. The highest BCUT2D eigenvalue weighted by Gasteiger charge is 2.39. The van der Waals surface area contributed by atoms with Crippen LogP contribution in [0, 0.1) is 5.92 Å². The number of ether oxygens (including phenoxy) is 1. The number of rotatable bonds is 5. The SMILES string of the molecule is COCC(C)(NC(=O)C1CC(=O)N(C)C1)C(=O)O. The van der Waals surface area contributed by atoms with Crippen LogP contribution < -0.4 is 5.32 Å². The first-order chi connectivity index (χ1) is 8.30. The topological polar surface area (TPSA) is 95.9 Å². The fourth-order valence-corrected chi connectivity index (χ4v) is 1.85. The number of likely N-dealkylation sites (tertiary alicyclic amines) is 1. The molecule has 0 spiro atoms. The van der Waals surface area contributed by atoms with Gasteiger partial charge in [0.25, 0.3) is 0 Å². The van der Waals surface area contributed by atoms with Crippen LogP contribution in [0.15, 0.2) is 0 Å². The van der Waals surface area contributed by atoms with Crippen LogP contribution in [0.2, 0.25) is 0 Å². The summed E-state index contributed by atoms with van der Waals surface area (Å²) in [6.45, 7) is 1.55. The third-order valence-corrected chi connectivity index (χ3v) is 3.02. The van der Waals surface area contributed by atoms with E-state index in [-0.39, 0.29) is 18.9 Å². The molecule has 102 valence electrons. The molecule has 1 fully saturated rings. The lowest BCUT2D eigenvalue weighted by atomic mass is 10.0. The molecule has 0 aromatic carbocycles. The Bertz CT molecular complexity index is 370. The quantitative estimate of drug-likeness (QED) is 0.664. The molecule has 0 radical (unpaired) electrons. The number of hydrogen-bond acceptors (Lipinski definition) is 4. The lowest BCUT2D eigenvalue weighted by molar-refractivity contribution is -0.149. The van der Waals surface area contributed by atoms with Gasteiger partial charge in [0.2, 0.25) is 11.8 Å². The van der Waals surface area contributed by atoms with E-state index in [9.17, 15) is 14.4 Å². The fourth-order valence-electron chi connectivity index (χ4n) is 1.85. The molecule has 1 heterocycles. The average Bonchev–Trinajstić information content (AvgIpc) is 2.59. The van der Waals surface area contributed by atoms with E-state index in [2.05, 4.69) is 5.32 Å². The van der Waals surface area contributed by atoms with E-state index >= 15 is 0 Å². The van der Waals surface area contributed by atoms with Gasteiger partial charge in [-0.2, -0.15) is 0 Å². The second kappa shape index (κ2) is 5.34. The maximum absolute atomic E-state index is 11.9. The summed E-state index contributed by atoms with van der Waals surface area (Å²) in [6, 6.07) is 0. The summed E-state index contributed by atoms with van der Waals surface area (Å²) in [5.41, 5.74) is -1.48. The van der Waals surface area contributed by atoms with Crippen LogP contribution in [0.5, 0.6) is 0 Å². The van der Waals surface area contributed by atoms with Crippen molar-refractivity contribution in [2.24, 2.45) is 5.92 Å². The molecular formula is C11H18N2O5. The van der Waals surface area contributed by atoms with E-state index in [1.807, 2.05) is 0 Å². The van der Waals surface area contributed by atoms with Crippen molar-refractivity contribution < 1.29 is 24.2 Å².